The van der Waals surface area contributed by atoms with E-state index in [-0.39, 0.29) is 12.0 Å². The number of anilines is 1. The Hall–Kier alpha value is -1.55. The first-order valence-corrected chi connectivity index (χ1v) is 8.58. The zero-order chi connectivity index (χ0) is 15.4. The van der Waals surface area contributed by atoms with Crippen LogP contribution in [0, 0.1) is 5.92 Å². The van der Waals surface area contributed by atoms with Gasteiger partial charge in [-0.1, -0.05) is 24.6 Å². The molecule has 1 saturated carbocycles. The van der Waals surface area contributed by atoms with E-state index >= 15 is 0 Å². The van der Waals surface area contributed by atoms with Gasteiger partial charge in [-0.15, -0.1) is 0 Å². The molecule has 2 fully saturated rings. The summed E-state index contributed by atoms with van der Waals surface area (Å²) in [5.74, 6) is 0.497. The third kappa shape index (κ3) is 3.61. The number of carbonyl (C=O) groups is 1. The van der Waals surface area contributed by atoms with Gasteiger partial charge >= 0.3 is 0 Å². The summed E-state index contributed by atoms with van der Waals surface area (Å²) in [5.41, 5.74) is 7.30. The Morgan fingerprint density at radius 3 is 2.59 bits per heavy atom. The summed E-state index contributed by atoms with van der Waals surface area (Å²) in [6.45, 7) is 3.67. The Morgan fingerprint density at radius 2 is 1.82 bits per heavy atom. The first-order valence-electron chi connectivity index (χ1n) is 8.58. The van der Waals surface area contributed by atoms with E-state index in [0.717, 1.165) is 58.3 Å². The van der Waals surface area contributed by atoms with E-state index in [1.807, 2.05) is 6.07 Å². The lowest BCUT2D eigenvalue weighted by Crippen LogP contribution is -2.42. The maximum atomic E-state index is 12.7. The number of hydrogen-bond donors (Lipinski definition) is 1. The minimum absolute atomic E-state index is 0.159. The van der Waals surface area contributed by atoms with Crippen LogP contribution in [0.5, 0.6) is 0 Å². The van der Waals surface area contributed by atoms with Gasteiger partial charge < -0.3 is 15.5 Å². The van der Waals surface area contributed by atoms with Crippen LogP contribution in [0.15, 0.2) is 30.3 Å². The second kappa shape index (κ2) is 7.14. The third-order valence-corrected chi connectivity index (χ3v) is 4.99. The van der Waals surface area contributed by atoms with E-state index < -0.39 is 0 Å². The average molecular weight is 301 g/mol. The molecular formula is C18H27N3O. The second-order valence-corrected chi connectivity index (χ2v) is 6.63. The molecule has 2 atom stereocenters. The molecule has 1 saturated heterocycles. The Bertz CT molecular complexity index is 490. The number of amides is 1. The number of nitrogens with two attached hydrogens (primary N) is 1. The highest BCUT2D eigenvalue weighted by atomic mass is 16.2. The fourth-order valence-corrected chi connectivity index (χ4v) is 3.74. The SMILES string of the molecule is NC1CCCC(C(=O)N2CCCN(c3ccccc3)CC2)C1. The van der Waals surface area contributed by atoms with Crippen molar-refractivity contribution in [2.75, 3.05) is 31.1 Å². The zero-order valence-electron chi connectivity index (χ0n) is 13.3. The largest absolute Gasteiger partial charge is 0.370 e. The number of hydrogen-bond acceptors (Lipinski definition) is 3. The van der Waals surface area contributed by atoms with Crippen LogP contribution in [-0.4, -0.2) is 43.0 Å². The van der Waals surface area contributed by atoms with Crippen LogP contribution in [0.1, 0.15) is 32.1 Å². The molecular weight excluding hydrogens is 274 g/mol. The average Bonchev–Trinajstić information content (AvgIpc) is 2.81. The van der Waals surface area contributed by atoms with Crippen molar-refractivity contribution >= 4 is 11.6 Å². The van der Waals surface area contributed by atoms with Crippen molar-refractivity contribution < 1.29 is 4.79 Å². The Labute approximate surface area is 133 Å². The minimum Gasteiger partial charge on any atom is -0.370 e. The normalized spacial score (nSPS) is 26.6. The van der Waals surface area contributed by atoms with Gasteiger partial charge in [0.1, 0.15) is 0 Å². The molecule has 0 bridgehead atoms. The van der Waals surface area contributed by atoms with Gasteiger partial charge in [-0.3, -0.25) is 4.79 Å². The van der Waals surface area contributed by atoms with E-state index in [1.54, 1.807) is 0 Å². The molecule has 1 heterocycles. The lowest BCUT2D eigenvalue weighted by molar-refractivity contribution is -0.136. The summed E-state index contributed by atoms with van der Waals surface area (Å²) in [6.07, 6.45) is 5.11. The van der Waals surface area contributed by atoms with E-state index in [2.05, 4.69) is 34.1 Å². The maximum Gasteiger partial charge on any atom is 0.225 e. The minimum atomic E-state index is 0.159. The summed E-state index contributed by atoms with van der Waals surface area (Å²) >= 11 is 0. The molecule has 4 heteroatoms. The summed E-state index contributed by atoms with van der Waals surface area (Å²) in [5, 5.41) is 0. The standard InChI is InChI=1S/C18H27N3O/c19-16-7-4-6-15(14-16)18(22)21-11-5-10-20(12-13-21)17-8-2-1-3-9-17/h1-3,8-9,15-16H,4-7,10-14,19H2. The summed E-state index contributed by atoms with van der Waals surface area (Å²) in [4.78, 5) is 17.2. The van der Waals surface area contributed by atoms with Gasteiger partial charge in [-0.25, -0.2) is 0 Å². The molecule has 1 aromatic rings. The van der Waals surface area contributed by atoms with Crippen molar-refractivity contribution in [2.24, 2.45) is 11.7 Å². The van der Waals surface area contributed by atoms with Gasteiger partial charge in [0.15, 0.2) is 0 Å². The van der Waals surface area contributed by atoms with Crippen LogP contribution in [0.25, 0.3) is 0 Å². The van der Waals surface area contributed by atoms with Crippen LogP contribution in [0.2, 0.25) is 0 Å². The molecule has 0 aromatic heterocycles. The zero-order valence-corrected chi connectivity index (χ0v) is 13.3. The molecule has 4 nitrogen and oxygen atoms in total. The topological polar surface area (TPSA) is 49.6 Å². The van der Waals surface area contributed by atoms with Gasteiger partial charge in [-0.2, -0.15) is 0 Å². The van der Waals surface area contributed by atoms with Gasteiger partial charge in [0.25, 0.3) is 0 Å². The highest BCUT2D eigenvalue weighted by Gasteiger charge is 2.29. The molecule has 120 valence electrons. The molecule has 0 radical (unpaired) electrons. The van der Waals surface area contributed by atoms with Crippen molar-refractivity contribution in [1.29, 1.82) is 0 Å². The molecule has 2 aliphatic rings. The highest BCUT2D eigenvalue weighted by molar-refractivity contribution is 5.79. The van der Waals surface area contributed by atoms with Gasteiger partial charge in [0.2, 0.25) is 5.91 Å². The number of rotatable bonds is 2. The molecule has 2 N–H and O–H groups in total. The van der Waals surface area contributed by atoms with Crippen LogP contribution in [-0.2, 0) is 4.79 Å². The lowest BCUT2D eigenvalue weighted by Gasteiger charge is -2.31. The van der Waals surface area contributed by atoms with Gasteiger partial charge in [0, 0.05) is 43.8 Å². The Kier molecular flexibility index (Phi) is 4.98. The summed E-state index contributed by atoms with van der Waals surface area (Å²) in [6, 6.07) is 10.7. The van der Waals surface area contributed by atoms with Crippen molar-refractivity contribution in [2.45, 2.75) is 38.1 Å². The van der Waals surface area contributed by atoms with Gasteiger partial charge in [0.05, 0.1) is 0 Å². The highest BCUT2D eigenvalue weighted by Crippen LogP contribution is 2.26. The molecule has 1 aliphatic heterocycles. The van der Waals surface area contributed by atoms with Crippen molar-refractivity contribution in [3.8, 4) is 0 Å². The smallest absolute Gasteiger partial charge is 0.225 e. The van der Waals surface area contributed by atoms with Crippen molar-refractivity contribution in [3.63, 3.8) is 0 Å². The van der Waals surface area contributed by atoms with E-state index in [1.165, 1.54) is 5.69 Å². The van der Waals surface area contributed by atoms with Crippen LogP contribution in [0.4, 0.5) is 5.69 Å². The number of benzene rings is 1. The number of nitrogens with zero attached hydrogens (tertiary/aromatic N) is 2. The maximum absolute atomic E-state index is 12.7. The van der Waals surface area contributed by atoms with Crippen LogP contribution < -0.4 is 10.6 Å². The third-order valence-electron chi connectivity index (χ3n) is 4.99. The fourth-order valence-electron chi connectivity index (χ4n) is 3.74. The predicted molar refractivity (Wildman–Crippen MR) is 89.8 cm³/mol. The molecule has 0 spiro atoms. The van der Waals surface area contributed by atoms with Crippen molar-refractivity contribution in [3.05, 3.63) is 30.3 Å². The molecule has 22 heavy (non-hydrogen) atoms. The van der Waals surface area contributed by atoms with E-state index in [4.69, 9.17) is 5.73 Å². The second-order valence-electron chi connectivity index (χ2n) is 6.63. The lowest BCUT2D eigenvalue weighted by atomic mass is 9.85. The van der Waals surface area contributed by atoms with Crippen LogP contribution in [0.3, 0.4) is 0 Å². The van der Waals surface area contributed by atoms with E-state index in [9.17, 15) is 4.79 Å². The Balaban J connectivity index is 1.59. The predicted octanol–water partition coefficient (Wildman–Crippen LogP) is 2.24. The first kappa shape index (κ1) is 15.3. The monoisotopic (exact) mass is 301 g/mol. The quantitative estimate of drug-likeness (QED) is 0.911. The summed E-state index contributed by atoms with van der Waals surface area (Å²) < 4.78 is 0. The Morgan fingerprint density at radius 1 is 1.00 bits per heavy atom. The van der Waals surface area contributed by atoms with Crippen LogP contribution >= 0.6 is 0 Å². The molecule has 1 amide bonds. The fraction of sp³-hybridized carbons (Fsp3) is 0.611. The summed E-state index contributed by atoms with van der Waals surface area (Å²) in [7, 11) is 0. The molecule has 3 rings (SSSR count). The van der Waals surface area contributed by atoms with Gasteiger partial charge in [-0.05, 0) is 37.8 Å². The van der Waals surface area contributed by atoms with E-state index in [0.29, 0.717) is 5.91 Å². The molecule has 1 aromatic carbocycles. The number of para-hydroxylation sites is 1. The van der Waals surface area contributed by atoms with Crippen molar-refractivity contribution in [1.82, 2.24) is 4.90 Å². The molecule has 1 aliphatic carbocycles. The first-order chi connectivity index (χ1) is 10.7. The molecule has 2 unspecified atom stereocenters. The number of carbonyl (C=O) groups excluding carboxylic acids is 1.